The number of piperidine rings is 1. The summed E-state index contributed by atoms with van der Waals surface area (Å²) in [5.41, 5.74) is 9.25. The van der Waals surface area contributed by atoms with E-state index >= 15 is 0 Å². The number of nitrogens with zero attached hydrogens (tertiary/aromatic N) is 1. The molecule has 27 heavy (non-hydrogen) atoms. The lowest BCUT2D eigenvalue weighted by molar-refractivity contribution is -0.121. The van der Waals surface area contributed by atoms with Crippen molar-refractivity contribution in [2.45, 2.75) is 44.1 Å². The molecule has 2 aliphatic heterocycles. The van der Waals surface area contributed by atoms with Crippen molar-refractivity contribution in [1.82, 2.24) is 10.2 Å². The van der Waals surface area contributed by atoms with E-state index in [1.54, 1.807) is 0 Å². The molecular weight excluding hydrogens is 341 g/mol. The number of hydrogen-bond acceptors (Lipinski definition) is 3. The number of amides is 1. The fourth-order valence-electron chi connectivity index (χ4n) is 4.64. The highest BCUT2D eigenvalue weighted by molar-refractivity contribution is 5.75. The quantitative estimate of drug-likeness (QED) is 0.811. The third kappa shape index (κ3) is 3.93. The number of nitrogens with one attached hydrogen (secondary N) is 1. The van der Waals surface area contributed by atoms with Crippen LogP contribution in [0.4, 0.5) is 4.39 Å². The van der Waals surface area contributed by atoms with Crippen LogP contribution < -0.4 is 11.1 Å². The number of hydrogen-bond donors (Lipinski definition) is 2. The average Bonchev–Trinajstić information content (AvgIpc) is 3.49. The number of halogens is 1. The second-order valence-electron chi connectivity index (χ2n) is 8.11. The average molecular weight is 369 g/mol. The van der Waals surface area contributed by atoms with Crippen LogP contribution in [0, 0.1) is 11.7 Å². The fraction of sp³-hybridized carbons (Fsp3) is 0.500. The number of benzene rings is 1. The van der Waals surface area contributed by atoms with Crippen LogP contribution in [0.3, 0.4) is 0 Å². The zero-order chi connectivity index (χ0) is 18.9. The van der Waals surface area contributed by atoms with Crippen LogP contribution in [0.5, 0.6) is 0 Å². The molecule has 1 aromatic rings. The highest BCUT2D eigenvalue weighted by Gasteiger charge is 2.42. The molecule has 1 aromatic carbocycles. The summed E-state index contributed by atoms with van der Waals surface area (Å²) in [7, 11) is 0. The third-order valence-corrected chi connectivity index (χ3v) is 6.16. The Hall–Kier alpha value is -2.14. The molecule has 4 nitrogen and oxygen atoms in total. The lowest BCUT2D eigenvalue weighted by Gasteiger charge is -2.50. The van der Waals surface area contributed by atoms with Crippen LogP contribution in [0.1, 0.15) is 37.7 Å². The first-order valence-electron chi connectivity index (χ1n) is 9.98. The Kier molecular flexibility index (Phi) is 5.04. The van der Waals surface area contributed by atoms with Crippen molar-refractivity contribution in [3.63, 3.8) is 0 Å². The van der Waals surface area contributed by atoms with Crippen LogP contribution in [-0.2, 0) is 11.2 Å². The van der Waals surface area contributed by atoms with E-state index in [4.69, 9.17) is 5.73 Å². The summed E-state index contributed by atoms with van der Waals surface area (Å²) in [5.74, 6) is 0.173. The maximum absolute atomic E-state index is 13.4. The second kappa shape index (κ2) is 7.47. The van der Waals surface area contributed by atoms with Gasteiger partial charge in [0.2, 0.25) is 5.91 Å². The van der Waals surface area contributed by atoms with Gasteiger partial charge < -0.3 is 16.0 Å². The molecule has 0 atom stereocenters. The summed E-state index contributed by atoms with van der Waals surface area (Å²) in [5, 5.41) is 3.41. The van der Waals surface area contributed by atoms with Crippen molar-refractivity contribution < 1.29 is 9.18 Å². The minimum atomic E-state index is -0.236. The topological polar surface area (TPSA) is 58.4 Å². The third-order valence-electron chi connectivity index (χ3n) is 6.16. The molecule has 5 heteroatoms. The standard InChI is InChI=1S/C22H28FN3O/c23-18-7-3-16(4-8-18)14-20-19(17-5-6-17)2-1-13-26(20)22(15-21(24)27)9-11-25-12-10-22/h1-4,7-8,17,25H,5-6,9-15H2,(H2,24,27). The number of carbonyl (C=O) groups excluding carboxylic acids is 1. The summed E-state index contributed by atoms with van der Waals surface area (Å²) in [6.07, 6.45) is 9.93. The maximum Gasteiger partial charge on any atom is 0.219 e. The minimum Gasteiger partial charge on any atom is -0.370 e. The van der Waals surface area contributed by atoms with Gasteiger partial charge in [-0.15, -0.1) is 0 Å². The molecule has 3 N–H and O–H groups in total. The molecule has 4 rings (SSSR count). The predicted molar refractivity (Wildman–Crippen MR) is 104 cm³/mol. The van der Waals surface area contributed by atoms with E-state index < -0.39 is 0 Å². The summed E-state index contributed by atoms with van der Waals surface area (Å²) in [4.78, 5) is 14.4. The fourth-order valence-corrected chi connectivity index (χ4v) is 4.64. The molecule has 1 amide bonds. The Bertz CT molecular complexity index is 758. The summed E-state index contributed by atoms with van der Waals surface area (Å²) in [6, 6.07) is 6.79. The van der Waals surface area contributed by atoms with Gasteiger partial charge in [0.1, 0.15) is 5.82 Å². The van der Waals surface area contributed by atoms with E-state index in [0.717, 1.165) is 44.5 Å². The summed E-state index contributed by atoms with van der Waals surface area (Å²) < 4.78 is 13.4. The van der Waals surface area contributed by atoms with Crippen molar-refractivity contribution in [3.8, 4) is 0 Å². The molecule has 0 spiro atoms. The first-order chi connectivity index (χ1) is 13.1. The normalized spacial score (nSPS) is 22.2. The van der Waals surface area contributed by atoms with E-state index in [9.17, 15) is 9.18 Å². The lowest BCUT2D eigenvalue weighted by Crippen LogP contribution is -2.56. The molecule has 2 heterocycles. The molecular formula is C22H28FN3O. The van der Waals surface area contributed by atoms with Crippen LogP contribution in [0.25, 0.3) is 0 Å². The smallest absolute Gasteiger partial charge is 0.219 e. The molecule has 0 unspecified atom stereocenters. The van der Waals surface area contributed by atoms with E-state index in [1.807, 2.05) is 12.1 Å². The van der Waals surface area contributed by atoms with Crippen molar-refractivity contribution in [1.29, 1.82) is 0 Å². The molecule has 0 bridgehead atoms. The van der Waals surface area contributed by atoms with Gasteiger partial charge in [0.15, 0.2) is 0 Å². The predicted octanol–water partition coefficient (Wildman–Crippen LogP) is 2.90. The molecule has 2 fully saturated rings. The van der Waals surface area contributed by atoms with Gasteiger partial charge in [-0.2, -0.15) is 0 Å². The maximum atomic E-state index is 13.4. The number of allylic oxidation sites excluding steroid dienone is 3. The minimum absolute atomic E-state index is 0.209. The number of rotatable bonds is 6. The first kappa shape index (κ1) is 18.2. The second-order valence-corrected chi connectivity index (χ2v) is 8.11. The highest BCUT2D eigenvalue weighted by atomic mass is 19.1. The van der Waals surface area contributed by atoms with Gasteiger partial charge in [0.05, 0.1) is 5.54 Å². The molecule has 0 radical (unpaired) electrons. The van der Waals surface area contributed by atoms with E-state index in [0.29, 0.717) is 12.3 Å². The van der Waals surface area contributed by atoms with Crippen LogP contribution in [-0.4, -0.2) is 36.0 Å². The Morgan fingerprint density at radius 3 is 2.56 bits per heavy atom. The Balaban J connectivity index is 1.71. The Morgan fingerprint density at radius 1 is 1.22 bits per heavy atom. The first-order valence-corrected chi connectivity index (χ1v) is 9.98. The summed E-state index contributed by atoms with van der Waals surface area (Å²) in [6.45, 7) is 2.60. The molecule has 0 aromatic heterocycles. The van der Waals surface area contributed by atoms with Crippen molar-refractivity contribution in [3.05, 3.63) is 59.1 Å². The van der Waals surface area contributed by atoms with Gasteiger partial charge in [0.25, 0.3) is 0 Å². The zero-order valence-electron chi connectivity index (χ0n) is 15.7. The summed E-state index contributed by atoms with van der Waals surface area (Å²) >= 11 is 0. The van der Waals surface area contributed by atoms with Gasteiger partial charge in [-0.05, 0) is 68.0 Å². The molecule has 1 saturated carbocycles. The van der Waals surface area contributed by atoms with E-state index in [-0.39, 0.29) is 17.3 Å². The van der Waals surface area contributed by atoms with Gasteiger partial charge in [-0.1, -0.05) is 24.3 Å². The van der Waals surface area contributed by atoms with Crippen molar-refractivity contribution >= 4 is 5.91 Å². The number of primary amides is 1. The van der Waals surface area contributed by atoms with Crippen LogP contribution >= 0.6 is 0 Å². The SMILES string of the molecule is NC(=O)CC1(N2CC=CC(C3CC3)=C2Cc2ccc(F)cc2)CCNCC1. The lowest BCUT2D eigenvalue weighted by atomic mass is 9.80. The molecule has 1 saturated heterocycles. The van der Waals surface area contributed by atoms with Crippen LogP contribution in [0.15, 0.2) is 47.7 Å². The van der Waals surface area contributed by atoms with E-state index in [2.05, 4.69) is 22.4 Å². The van der Waals surface area contributed by atoms with Gasteiger partial charge in [-0.3, -0.25) is 4.79 Å². The molecule has 3 aliphatic rings. The largest absolute Gasteiger partial charge is 0.370 e. The Morgan fingerprint density at radius 2 is 1.93 bits per heavy atom. The number of carbonyl (C=O) groups is 1. The van der Waals surface area contributed by atoms with Crippen LogP contribution in [0.2, 0.25) is 0 Å². The molecule has 144 valence electrons. The van der Waals surface area contributed by atoms with Crippen molar-refractivity contribution in [2.75, 3.05) is 19.6 Å². The van der Waals surface area contributed by atoms with E-state index in [1.165, 1.54) is 36.2 Å². The van der Waals surface area contributed by atoms with Gasteiger partial charge >= 0.3 is 0 Å². The van der Waals surface area contributed by atoms with Gasteiger partial charge in [0, 0.05) is 25.1 Å². The Labute approximate surface area is 160 Å². The monoisotopic (exact) mass is 369 g/mol. The zero-order valence-corrected chi connectivity index (χ0v) is 15.7. The molecule has 1 aliphatic carbocycles. The van der Waals surface area contributed by atoms with Gasteiger partial charge in [-0.25, -0.2) is 4.39 Å². The number of nitrogens with two attached hydrogens (primary N) is 1. The highest BCUT2D eigenvalue weighted by Crippen LogP contribution is 2.44. The van der Waals surface area contributed by atoms with Crippen molar-refractivity contribution in [2.24, 2.45) is 11.7 Å².